The molecule has 30 heavy (non-hydrogen) atoms. The predicted octanol–water partition coefficient (Wildman–Crippen LogP) is 3.29. The number of allylic oxidation sites excluding steroid dienone is 1. The van der Waals surface area contributed by atoms with Crippen LogP contribution in [0.5, 0.6) is 0 Å². The molecule has 0 radical (unpaired) electrons. The SMILES string of the molecule is CN=C/C(=C\N)N1CCCc2nc(-c3ccc(N4CCC(SF)C4)nc3)sc2C1=O. The quantitative estimate of drug-likeness (QED) is 0.709. The van der Waals surface area contributed by atoms with E-state index < -0.39 is 0 Å². The first-order valence-corrected chi connectivity index (χ1v) is 11.4. The first-order chi connectivity index (χ1) is 14.6. The molecule has 1 atom stereocenters. The second-order valence-electron chi connectivity index (χ2n) is 7.18. The summed E-state index contributed by atoms with van der Waals surface area (Å²) in [4.78, 5) is 30.8. The summed E-state index contributed by atoms with van der Waals surface area (Å²) < 4.78 is 12.8. The maximum Gasteiger partial charge on any atom is 0.270 e. The number of anilines is 1. The summed E-state index contributed by atoms with van der Waals surface area (Å²) in [7, 11) is 1.65. The van der Waals surface area contributed by atoms with E-state index in [9.17, 15) is 8.68 Å². The molecule has 0 spiro atoms. The molecule has 1 unspecified atom stereocenters. The fourth-order valence-electron chi connectivity index (χ4n) is 3.73. The van der Waals surface area contributed by atoms with Crippen molar-refractivity contribution in [2.45, 2.75) is 24.5 Å². The second kappa shape index (κ2) is 9.13. The van der Waals surface area contributed by atoms with E-state index in [1.165, 1.54) is 17.5 Å². The Labute approximate surface area is 183 Å². The maximum atomic E-state index is 13.1. The number of carbonyl (C=O) groups is 1. The Kier molecular flexibility index (Phi) is 6.33. The highest BCUT2D eigenvalue weighted by molar-refractivity contribution is 7.95. The molecular weight excluding hydrogens is 423 g/mol. The number of aryl methyl sites for hydroxylation is 1. The van der Waals surface area contributed by atoms with Crippen LogP contribution in [0, 0.1) is 0 Å². The van der Waals surface area contributed by atoms with Crippen LogP contribution in [0.25, 0.3) is 10.6 Å². The van der Waals surface area contributed by atoms with Gasteiger partial charge in [-0.3, -0.25) is 9.79 Å². The molecule has 2 aromatic rings. The van der Waals surface area contributed by atoms with Crippen molar-refractivity contribution >= 4 is 41.4 Å². The fourth-order valence-corrected chi connectivity index (χ4v) is 5.21. The molecule has 4 heterocycles. The van der Waals surface area contributed by atoms with Crippen molar-refractivity contribution in [2.75, 3.05) is 31.6 Å². The van der Waals surface area contributed by atoms with E-state index in [0.717, 1.165) is 47.9 Å². The van der Waals surface area contributed by atoms with Gasteiger partial charge in [-0.2, -0.15) is 3.89 Å². The number of thiazole rings is 1. The van der Waals surface area contributed by atoms with Crippen molar-refractivity contribution in [2.24, 2.45) is 10.7 Å². The van der Waals surface area contributed by atoms with Crippen LogP contribution in [0.15, 0.2) is 35.2 Å². The number of carbonyl (C=O) groups excluding carboxylic acids is 1. The summed E-state index contributed by atoms with van der Waals surface area (Å²) in [5.41, 5.74) is 7.99. The van der Waals surface area contributed by atoms with Crippen LogP contribution < -0.4 is 10.6 Å². The van der Waals surface area contributed by atoms with Crippen LogP contribution in [-0.4, -0.2) is 58.9 Å². The minimum atomic E-state index is -0.0979. The monoisotopic (exact) mass is 446 g/mol. The van der Waals surface area contributed by atoms with Gasteiger partial charge < -0.3 is 15.5 Å². The third-order valence-electron chi connectivity index (χ3n) is 5.27. The molecule has 158 valence electrons. The zero-order valence-electron chi connectivity index (χ0n) is 16.6. The van der Waals surface area contributed by atoms with E-state index >= 15 is 0 Å². The highest BCUT2D eigenvalue weighted by Crippen LogP contribution is 2.33. The van der Waals surface area contributed by atoms with E-state index in [0.29, 0.717) is 35.8 Å². The fraction of sp³-hybridized carbons (Fsp3) is 0.400. The molecule has 2 aromatic heterocycles. The van der Waals surface area contributed by atoms with Crippen molar-refractivity contribution < 1.29 is 8.68 Å². The topological polar surface area (TPSA) is 87.7 Å². The highest BCUT2D eigenvalue weighted by atomic mass is 32.2. The number of rotatable bonds is 5. The van der Waals surface area contributed by atoms with E-state index in [-0.39, 0.29) is 11.2 Å². The third kappa shape index (κ3) is 4.06. The minimum Gasteiger partial charge on any atom is -0.403 e. The molecule has 0 aromatic carbocycles. The Hall–Kier alpha value is -2.46. The van der Waals surface area contributed by atoms with Crippen LogP contribution in [0.1, 0.15) is 28.2 Å². The van der Waals surface area contributed by atoms with Crippen LogP contribution >= 0.6 is 23.5 Å². The smallest absolute Gasteiger partial charge is 0.270 e. The summed E-state index contributed by atoms with van der Waals surface area (Å²) in [6.07, 6.45) is 7.14. The van der Waals surface area contributed by atoms with Gasteiger partial charge in [-0.25, -0.2) is 9.97 Å². The van der Waals surface area contributed by atoms with Gasteiger partial charge in [-0.05, 0) is 31.4 Å². The van der Waals surface area contributed by atoms with Crippen LogP contribution in [0.4, 0.5) is 9.70 Å². The van der Waals surface area contributed by atoms with Crippen molar-refractivity contribution in [3.63, 3.8) is 0 Å². The lowest BCUT2D eigenvalue weighted by atomic mass is 10.2. The number of aliphatic imine (C=N–C) groups is 1. The number of nitrogens with zero attached hydrogens (tertiary/aromatic N) is 5. The molecule has 4 rings (SSSR count). The first-order valence-electron chi connectivity index (χ1n) is 9.79. The Bertz CT molecular complexity index is 974. The zero-order chi connectivity index (χ0) is 21.1. The summed E-state index contributed by atoms with van der Waals surface area (Å²) in [5.74, 6) is 0.742. The lowest BCUT2D eigenvalue weighted by molar-refractivity contribution is 0.0823. The van der Waals surface area contributed by atoms with E-state index in [4.69, 9.17) is 10.7 Å². The van der Waals surface area contributed by atoms with Crippen molar-refractivity contribution in [1.82, 2.24) is 14.9 Å². The van der Waals surface area contributed by atoms with E-state index in [2.05, 4.69) is 14.9 Å². The molecule has 0 saturated carbocycles. The first kappa shape index (κ1) is 20.8. The Morgan fingerprint density at radius 2 is 2.30 bits per heavy atom. The minimum absolute atomic E-state index is 0.0141. The average molecular weight is 447 g/mol. The van der Waals surface area contributed by atoms with Crippen LogP contribution in [0.2, 0.25) is 0 Å². The summed E-state index contributed by atoms with van der Waals surface area (Å²) in [5, 5.41) is 0.788. The molecule has 1 saturated heterocycles. The summed E-state index contributed by atoms with van der Waals surface area (Å²) in [6.45, 7) is 2.06. The Balaban J connectivity index is 1.56. The number of aromatic nitrogens is 2. The van der Waals surface area contributed by atoms with Crippen molar-refractivity contribution in [1.29, 1.82) is 0 Å². The number of halogens is 1. The van der Waals surface area contributed by atoms with Gasteiger partial charge >= 0.3 is 0 Å². The molecule has 10 heteroatoms. The number of fused-ring (bicyclic) bond motifs is 1. The molecule has 2 aliphatic heterocycles. The maximum absolute atomic E-state index is 13.1. The zero-order valence-corrected chi connectivity index (χ0v) is 18.3. The molecule has 1 amide bonds. The normalized spacial score (nSPS) is 20.1. The van der Waals surface area contributed by atoms with E-state index in [1.807, 2.05) is 12.1 Å². The summed E-state index contributed by atoms with van der Waals surface area (Å²) >= 11 is 1.80. The molecule has 7 nitrogen and oxygen atoms in total. The molecule has 0 aliphatic carbocycles. The number of pyridine rings is 1. The molecule has 0 bridgehead atoms. The number of amides is 1. The van der Waals surface area contributed by atoms with Gasteiger partial charge in [0.05, 0.1) is 16.6 Å². The summed E-state index contributed by atoms with van der Waals surface area (Å²) in [6, 6.07) is 3.90. The van der Waals surface area contributed by atoms with E-state index in [1.54, 1.807) is 24.4 Å². The highest BCUT2D eigenvalue weighted by Gasteiger charge is 2.29. The largest absolute Gasteiger partial charge is 0.403 e. The predicted molar refractivity (Wildman–Crippen MR) is 121 cm³/mol. The standard InChI is InChI=1S/C20H23FN6OS2/c1-23-11-14(9-22)27-7-2-3-16-18(20(27)28)29-19(25-16)13-4-5-17(24-10-13)26-8-6-15(12-26)30-21/h4-5,9-11,15H,2-3,6-8,12,22H2,1H3/b14-9+,23-11?. The Morgan fingerprint density at radius 3 is 2.97 bits per heavy atom. The third-order valence-corrected chi connectivity index (χ3v) is 7.04. The van der Waals surface area contributed by atoms with Gasteiger partial charge in [-0.1, -0.05) is 0 Å². The van der Waals surface area contributed by atoms with Crippen molar-refractivity contribution in [3.05, 3.63) is 40.8 Å². The van der Waals surface area contributed by atoms with Crippen molar-refractivity contribution in [3.8, 4) is 10.6 Å². The Morgan fingerprint density at radius 1 is 1.43 bits per heavy atom. The average Bonchev–Trinajstić information content (AvgIpc) is 3.40. The lowest BCUT2D eigenvalue weighted by Crippen LogP contribution is -2.31. The second-order valence-corrected chi connectivity index (χ2v) is 9.03. The number of nitrogens with two attached hydrogens (primary N) is 1. The van der Waals surface area contributed by atoms with Gasteiger partial charge in [0, 0.05) is 63.0 Å². The number of hydrogen-bond donors (Lipinski definition) is 1. The number of hydrogen-bond acceptors (Lipinski definition) is 8. The van der Waals surface area contributed by atoms with Gasteiger partial charge in [0.25, 0.3) is 5.91 Å². The molecule has 1 fully saturated rings. The van der Waals surface area contributed by atoms with Gasteiger partial charge in [-0.15, -0.1) is 11.3 Å². The van der Waals surface area contributed by atoms with Gasteiger partial charge in [0.1, 0.15) is 15.7 Å². The van der Waals surface area contributed by atoms with Gasteiger partial charge in [0.15, 0.2) is 0 Å². The lowest BCUT2D eigenvalue weighted by Gasteiger charge is -2.20. The molecular formula is C20H23FN6OS2. The van der Waals surface area contributed by atoms with Crippen LogP contribution in [0.3, 0.4) is 0 Å². The van der Waals surface area contributed by atoms with Crippen LogP contribution in [-0.2, 0) is 6.42 Å². The molecule has 2 aliphatic rings. The molecule has 2 N–H and O–H groups in total. The van der Waals surface area contributed by atoms with Gasteiger partial charge in [0.2, 0.25) is 0 Å².